The lowest BCUT2D eigenvalue weighted by Crippen LogP contribution is -2.26. The third-order valence-electron chi connectivity index (χ3n) is 4.57. The van der Waals surface area contributed by atoms with Crippen molar-refractivity contribution in [1.29, 1.82) is 0 Å². The summed E-state index contributed by atoms with van der Waals surface area (Å²) in [5, 5.41) is 6.41. The second kappa shape index (κ2) is 7.58. The van der Waals surface area contributed by atoms with Crippen LogP contribution in [0.25, 0.3) is 11.4 Å². The van der Waals surface area contributed by atoms with Crippen LogP contribution in [0.3, 0.4) is 0 Å². The molecular formula is C22H22N4O. The van der Waals surface area contributed by atoms with Crippen molar-refractivity contribution in [2.45, 2.75) is 31.8 Å². The van der Waals surface area contributed by atoms with Gasteiger partial charge in [-0.05, 0) is 25.3 Å². The Morgan fingerprint density at radius 3 is 2.33 bits per heavy atom. The molecule has 0 aliphatic heterocycles. The molecule has 1 amide bonds. The smallest absolute Gasteiger partial charge is 0.270 e. The number of hydrogen-bond donors (Lipinski definition) is 2. The molecule has 27 heavy (non-hydrogen) atoms. The number of hydrogen-bond acceptors (Lipinski definition) is 4. The van der Waals surface area contributed by atoms with Crippen molar-refractivity contribution in [3.8, 4) is 11.4 Å². The number of anilines is 1. The van der Waals surface area contributed by atoms with E-state index in [9.17, 15) is 4.79 Å². The number of nitrogens with one attached hydrogen (secondary N) is 2. The van der Waals surface area contributed by atoms with E-state index in [1.165, 1.54) is 0 Å². The SMILES string of the molecule is CC(Nc1cc(C(=O)NC2CC2)nc(-c2ccccc2)n1)c1ccccc1. The first-order valence-corrected chi connectivity index (χ1v) is 9.26. The summed E-state index contributed by atoms with van der Waals surface area (Å²) < 4.78 is 0. The van der Waals surface area contributed by atoms with E-state index in [0.29, 0.717) is 17.3 Å². The van der Waals surface area contributed by atoms with E-state index in [2.05, 4.69) is 39.7 Å². The molecule has 136 valence electrons. The quantitative estimate of drug-likeness (QED) is 0.693. The van der Waals surface area contributed by atoms with E-state index in [4.69, 9.17) is 0 Å². The van der Waals surface area contributed by atoms with Gasteiger partial charge in [-0.15, -0.1) is 0 Å². The van der Waals surface area contributed by atoms with Gasteiger partial charge < -0.3 is 10.6 Å². The van der Waals surface area contributed by atoms with Gasteiger partial charge in [0.2, 0.25) is 0 Å². The third-order valence-corrected chi connectivity index (χ3v) is 4.57. The molecule has 1 heterocycles. The van der Waals surface area contributed by atoms with Crippen LogP contribution >= 0.6 is 0 Å². The van der Waals surface area contributed by atoms with Crippen molar-refractivity contribution >= 4 is 11.7 Å². The van der Waals surface area contributed by atoms with Crippen LogP contribution in [0.2, 0.25) is 0 Å². The van der Waals surface area contributed by atoms with Gasteiger partial charge in [-0.25, -0.2) is 9.97 Å². The zero-order valence-electron chi connectivity index (χ0n) is 15.2. The van der Waals surface area contributed by atoms with Crippen LogP contribution < -0.4 is 10.6 Å². The van der Waals surface area contributed by atoms with Crippen LogP contribution in [0.5, 0.6) is 0 Å². The molecule has 5 nitrogen and oxygen atoms in total. The molecular weight excluding hydrogens is 336 g/mol. The minimum Gasteiger partial charge on any atom is -0.363 e. The fourth-order valence-electron chi connectivity index (χ4n) is 2.89. The third kappa shape index (κ3) is 4.31. The maximum absolute atomic E-state index is 12.6. The molecule has 3 aromatic rings. The number of nitrogens with zero attached hydrogens (tertiary/aromatic N) is 2. The van der Waals surface area contributed by atoms with Gasteiger partial charge in [0.25, 0.3) is 5.91 Å². The number of rotatable bonds is 6. The first-order valence-electron chi connectivity index (χ1n) is 9.26. The highest BCUT2D eigenvalue weighted by molar-refractivity contribution is 5.93. The molecule has 0 spiro atoms. The molecule has 2 aromatic carbocycles. The average molecular weight is 358 g/mol. The van der Waals surface area contributed by atoms with E-state index >= 15 is 0 Å². The van der Waals surface area contributed by atoms with Crippen molar-refractivity contribution < 1.29 is 4.79 Å². The van der Waals surface area contributed by atoms with Crippen molar-refractivity contribution in [3.05, 3.63) is 78.0 Å². The van der Waals surface area contributed by atoms with Gasteiger partial charge in [-0.1, -0.05) is 60.7 Å². The minimum absolute atomic E-state index is 0.0593. The molecule has 0 saturated heterocycles. The molecule has 5 heteroatoms. The van der Waals surface area contributed by atoms with E-state index in [0.717, 1.165) is 24.0 Å². The molecule has 1 aliphatic rings. The summed E-state index contributed by atoms with van der Waals surface area (Å²) in [5.74, 6) is 1.04. The predicted octanol–water partition coefficient (Wildman–Crippen LogP) is 4.21. The Labute approximate surface area is 158 Å². The highest BCUT2D eigenvalue weighted by atomic mass is 16.2. The molecule has 1 fully saturated rings. The van der Waals surface area contributed by atoms with Crippen molar-refractivity contribution in [2.24, 2.45) is 0 Å². The Hall–Kier alpha value is -3.21. The fourth-order valence-corrected chi connectivity index (χ4v) is 2.89. The summed E-state index contributed by atoms with van der Waals surface area (Å²) in [6, 6.07) is 21.9. The lowest BCUT2D eigenvalue weighted by Gasteiger charge is -2.16. The van der Waals surface area contributed by atoms with Gasteiger partial charge in [-0.3, -0.25) is 4.79 Å². The molecule has 1 unspecified atom stereocenters. The lowest BCUT2D eigenvalue weighted by atomic mass is 10.1. The first-order chi connectivity index (χ1) is 13.2. The Balaban J connectivity index is 1.65. The topological polar surface area (TPSA) is 66.9 Å². The van der Waals surface area contributed by atoms with Gasteiger partial charge in [0, 0.05) is 23.7 Å². The van der Waals surface area contributed by atoms with Crippen molar-refractivity contribution in [2.75, 3.05) is 5.32 Å². The zero-order chi connectivity index (χ0) is 18.6. The summed E-state index contributed by atoms with van der Waals surface area (Å²) in [6.45, 7) is 2.07. The molecule has 2 N–H and O–H groups in total. The molecule has 1 atom stereocenters. The summed E-state index contributed by atoms with van der Waals surface area (Å²) in [4.78, 5) is 21.7. The molecule has 0 bridgehead atoms. The van der Waals surface area contributed by atoms with E-state index in [-0.39, 0.29) is 18.0 Å². The highest BCUT2D eigenvalue weighted by Gasteiger charge is 2.25. The van der Waals surface area contributed by atoms with E-state index < -0.39 is 0 Å². The monoisotopic (exact) mass is 358 g/mol. The normalized spacial score (nSPS) is 14.4. The number of amides is 1. The van der Waals surface area contributed by atoms with Gasteiger partial charge in [-0.2, -0.15) is 0 Å². The molecule has 1 aliphatic carbocycles. The first kappa shape index (κ1) is 17.2. The second-order valence-corrected chi connectivity index (χ2v) is 6.85. The van der Waals surface area contributed by atoms with Crippen molar-refractivity contribution in [1.82, 2.24) is 15.3 Å². The Kier molecular flexibility index (Phi) is 4.83. The summed E-state index contributed by atoms with van der Waals surface area (Å²) >= 11 is 0. The predicted molar refractivity (Wildman–Crippen MR) is 106 cm³/mol. The Morgan fingerprint density at radius 2 is 1.67 bits per heavy atom. The van der Waals surface area contributed by atoms with Crippen LogP contribution in [0.4, 0.5) is 5.82 Å². The van der Waals surface area contributed by atoms with E-state index in [1.54, 1.807) is 6.07 Å². The highest BCUT2D eigenvalue weighted by Crippen LogP contribution is 2.23. The maximum Gasteiger partial charge on any atom is 0.270 e. The van der Waals surface area contributed by atoms with Crippen LogP contribution in [0.1, 0.15) is 41.9 Å². The number of carbonyl (C=O) groups is 1. The van der Waals surface area contributed by atoms with Crippen LogP contribution in [-0.4, -0.2) is 21.9 Å². The zero-order valence-corrected chi connectivity index (χ0v) is 15.2. The van der Waals surface area contributed by atoms with Gasteiger partial charge in [0.15, 0.2) is 5.82 Å². The van der Waals surface area contributed by atoms with Gasteiger partial charge >= 0.3 is 0 Å². The molecule has 1 saturated carbocycles. The number of aromatic nitrogens is 2. The Bertz CT molecular complexity index is 924. The van der Waals surface area contributed by atoms with Crippen LogP contribution in [-0.2, 0) is 0 Å². The molecule has 0 radical (unpaired) electrons. The summed E-state index contributed by atoms with van der Waals surface area (Å²) in [6.07, 6.45) is 2.08. The second-order valence-electron chi connectivity index (χ2n) is 6.85. The maximum atomic E-state index is 12.6. The number of benzene rings is 2. The minimum atomic E-state index is -0.146. The van der Waals surface area contributed by atoms with Crippen molar-refractivity contribution in [3.63, 3.8) is 0 Å². The van der Waals surface area contributed by atoms with Crippen LogP contribution in [0.15, 0.2) is 66.7 Å². The largest absolute Gasteiger partial charge is 0.363 e. The summed E-state index contributed by atoms with van der Waals surface area (Å²) in [7, 11) is 0. The standard InChI is InChI=1S/C22H22N4O/c1-15(16-8-4-2-5-9-16)23-20-14-19(22(27)24-18-12-13-18)25-21(26-20)17-10-6-3-7-11-17/h2-11,14-15,18H,12-13H2,1H3,(H,24,27)(H,23,25,26). The lowest BCUT2D eigenvalue weighted by molar-refractivity contribution is 0.0946. The van der Waals surface area contributed by atoms with E-state index in [1.807, 2.05) is 48.5 Å². The Morgan fingerprint density at radius 1 is 1.00 bits per heavy atom. The average Bonchev–Trinajstić information content (AvgIpc) is 3.53. The van der Waals surface area contributed by atoms with Gasteiger partial charge in [0.1, 0.15) is 11.5 Å². The molecule has 4 rings (SSSR count). The number of carbonyl (C=O) groups excluding carboxylic acids is 1. The summed E-state index contributed by atoms with van der Waals surface area (Å²) in [5.41, 5.74) is 2.42. The molecule has 1 aromatic heterocycles. The van der Waals surface area contributed by atoms with Gasteiger partial charge in [0.05, 0.1) is 0 Å². The fraction of sp³-hybridized carbons (Fsp3) is 0.227. The van der Waals surface area contributed by atoms with Crippen LogP contribution in [0, 0.1) is 0 Å².